The van der Waals surface area contributed by atoms with Crippen molar-refractivity contribution in [2.75, 3.05) is 16.2 Å². The van der Waals surface area contributed by atoms with Gasteiger partial charge in [0, 0.05) is 27.5 Å². The molecule has 0 bridgehead atoms. The average molecular weight is 505 g/mol. The highest BCUT2D eigenvalue weighted by molar-refractivity contribution is 7.92. The topological polar surface area (TPSA) is 79.6 Å². The molecule has 1 N–H and O–H groups in total. The van der Waals surface area contributed by atoms with Crippen LogP contribution in [0, 0.1) is 6.92 Å². The van der Waals surface area contributed by atoms with Gasteiger partial charge in [-0.3, -0.25) is 9.10 Å². The lowest BCUT2D eigenvalue weighted by atomic mass is 10.1. The third kappa shape index (κ3) is 4.60. The largest absolute Gasteiger partial charge is 0.456 e. The number of furan rings is 1. The number of nitrogens with zero attached hydrogens (tertiary/aromatic N) is 1. The number of nitrogens with one attached hydrogen (secondary N) is 1. The molecule has 5 aromatic rings. The van der Waals surface area contributed by atoms with E-state index in [1.165, 1.54) is 24.3 Å². The van der Waals surface area contributed by atoms with E-state index >= 15 is 0 Å². The van der Waals surface area contributed by atoms with Gasteiger partial charge < -0.3 is 9.73 Å². The van der Waals surface area contributed by atoms with Crippen LogP contribution < -0.4 is 9.62 Å². The van der Waals surface area contributed by atoms with Gasteiger partial charge in [-0.15, -0.1) is 0 Å². The zero-order valence-electron chi connectivity index (χ0n) is 18.7. The number of carbonyl (C=O) groups is 1. The predicted molar refractivity (Wildman–Crippen MR) is 140 cm³/mol. The molecule has 0 radical (unpaired) electrons. The molecule has 0 aliphatic carbocycles. The van der Waals surface area contributed by atoms with Crippen molar-refractivity contribution >= 4 is 60.8 Å². The number of halogens is 1. The number of anilines is 2. The Labute approximate surface area is 207 Å². The predicted octanol–water partition coefficient (Wildman–Crippen LogP) is 6.38. The molecule has 0 atom stereocenters. The molecule has 1 aromatic heterocycles. The number of hydrogen-bond acceptors (Lipinski definition) is 4. The van der Waals surface area contributed by atoms with Gasteiger partial charge in [-0.05, 0) is 61.5 Å². The van der Waals surface area contributed by atoms with Gasteiger partial charge in [0.15, 0.2) is 0 Å². The van der Waals surface area contributed by atoms with Crippen molar-refractivity contribution in [1.29, 1.82) is 0 Å². The normalized spacial score (nSPS) is 11.6. The fourth-order valence-corrected chi connectivity index (χ4v) is 5.44. The highest BCUT2D eigenvalue weighted by Crippen LogP contribution is 2.30. The maximum absolute atomic E-state index is 13.5. The fraction of sp³-hybridized carbons (Fsp3) is 0.0741. The van der Waals surface area contributed by atoms with Crippen LogP contribution in [0.1, 0.15) is 5.56 Å². The average Bonchev–Trinajstić information content (AvgIpc) is 3.21. The van der Waals surface area contributed by atoms with E-state index in [9.17, 15) is 13.2 Å². The first-order chi connectivity index (χ1) is 16.8. The zero-order valence-corrected chi connectivity index (χ0v) is 20.3. The summed E-state index contributed by atoms with van der Waals surface area (Å²) in [4.78, 5) is 13.1. The van der Waals surface area contributed by atoms with Crippen LogP contribution in [0.25, 0.3) is 21.9 Å². The molecule has 1 heterocycles. The molecule has 0 fully saturated rings. The van der Waals surface area contributed by atoms with Crippen molar-refractivity contribution in [1.82, 2.24) is 0 Å². The number of benzene rings is 4. The highest BCUT2D eigenvalue weighted by atomic mass is 35.5. The first-order valence-corrected chi connectivity index (χ1v) is 12.7. The Hall–Kier alpha value is -3.81. The summed E-state index contributed by atoms with van der Waals surface area (Å²) < 4.78 is 33.9. The molecule has 35 heavy (non-hydrogen) atoms. The molecule has 1 amide bonds. The van der Waals surface area contributed by atoms with E-state index in [4.69, 9.17) is 16.0 Å². The van der Waals surface area contributed by atoms with Crippen LogP contribution in [0.2, 0.25) is 5.02 Å². The molecule has 5 rings (SSSR count). The minimum atomic E-state index is -4.03. The summed E-state index contributed by atoms with van der Waals surface area (Å²) in [5.41, 5.74) is 3.25. The molecule has 176 valence electrons. The molecule has 0 aliphatic rings. The number of carbonyl (C=O) groups excluding carboxylic acids is 1. The molecule has 0 saturated heterocycles. The lowest BCUT2D eigenvalue weighted by Gasteiger charge is -2.24. The highest BCUT2D eigenvalue weighted by Gasteiger charge is 2.27. The lowest BCUT2D eigenvalue weighted by molar-refractivity contribution is -0.114. The smallest absolute Gasteiger partial charge is 0.264 e. The number of para-hydroxylation sites is 1. The third-order valence-corrected chi connectivity index (χ3v) is 7.71. The van der Waals surface area contributed by atoms with E-state index in [0.717, 1.165) is 26.2 Å². The van der Waals surface area contributed by atoms with E-state index < -0.39 is 22.5 Å². The molecule has 4 aromatic carbocycles. The summed E-state index contributed by atoms with van der Waals surface area (Å²) in [7, 11) is -4.03. The standard InChI is InChI=1S/C27H21ClN2O4S/c1-18-6-11-21(12-7-18)30(35(32,33)22-13-8-19(28)9-14-22)17-27(31)29-20-10-15-24-23-4-2-3-5-25(23)34-26(24)16-20/h2-16H,17H2,1H3,(H,29,31). The Kier molecular flexibility index (Phi) is 5.96. The number of rotatable bonds is 6. The summed E-state index contributed by atoms with van der Waals surface area (Å²) in [5, 5.41) is 5.14. The van der Waals surface area contributed by atoms with Gasteiger partial charge in [-0.25, -0.2) is 8.42 Å². The number of amides is 1. The molecule has 8 heteroatoms. The van der Waals surface area contributed by atoms with Gasteiger partial charge in [0.05, 0.1) is 10.6 Å². The van der Waals surface area contributed by atoms with E-state index in [1.807, 2.05) is 37.3 Å². The first kappa shape index (κ1) is 23.0. The Morgan fingerprint density at radius 1 is 0.886 bits per heavy atom. The van der Waals surface area contributed by atoms with Crippen LogP contribution in [0.4, 0.5) is 11.4 Å². The maximum Gasteiger partial charge on any atom is 0.264 e. The van der Waals surface area contributed by atoms with Crippen LogP contribution >= 0.6 is 11.6 Å². The van der Waals surface area contributed by atoms with E-state index in [1.54, 1.807) is 36.4 Å². The van der Waals surface area contributed by atoms with E-state index in [0.29, 0.717) is 22.0 Å². The van der Waals surface area contributed by atoms with Gasteiger partial charge >= 0.3 is 0 Å². The Balaban J connectivity index is 1.44. The van der Waals surface area contributed by atoms with E-state index in [2.05, 4.69) is 5.32 Å². The van der Waals surface area contributed by atoms with Gasteiger partial charge in [-0.2, -0.15) is 0 Å². The number of sulfonamides is 1. The van der Waals surface area contributed by atoms with Gasteiger partial charge in [0.25, 0.3) is 10.0 Å². The van der Waals surface area contributed by atoms with Crippen molar-refractivity contribution in [2.45, 2.75) is 11.8 Å². The Morgan fingerprint density at radius 3 is 2.31 bits per heavy atom. The quantitative estimate of drug-likeness (QED) is 0.291. The maximum atomic E-state index is 13.5. The molecular formula is C27H21ClN2O4S. The van der Waals surface area contributed by atoms with Crippen LogP contribution in [-0.4, -0.2) is 20.9 Å². The summed E-state index contributed by atoms with van der Waals surface area (Å²) in [6.07, 6.45) is 0. The molecule has 0 unspecified atom stereocenters. The van der Waals surface area contributed by atoms with E-state index in [-0.39, 0.29) is 4.90 Å². The third-order valence-electron chi connectivity index (χ3n) is 5.67. The molecular weight excluding hydrogens is 484 g/mol. The fourth-order valence-electron chi connectivity index (χ4n) is 3.89. The Morgan fingerprint density at radius 2 is 1.57 bits per heavy atom. The van der Waals surface area contributed by atoms with Crippen LogP contribution in [0.3, 0.4) is 0 Å². The summed E-state index contributed by atoms with van der Waals surface area (Å²) in [6, 6.07) is 25.9. The second kappa shape index (κ2) is 9.09. The number of hydrogen-bond donors (Lipinski definition) is 1. The van der Waals surface area contributed by atoms with Crippen molar-refractivity contribution in [3.05, 3.63) is 102 Å². The summed E-state index contributed by atoms with van der Waals surface area (Å²) >= 11 is 5.94. The van der Waals surface area contributed by atoms with Crippen LogP contribution in [-0.2, 0) is 14.8 Å². The Bertz CT molecular complexity index is 1640. The van der Waals surface area contributed by atoms with Gasteiger partial charge in [0.1, 0.15) is 17.7 Å². The minimum absolute atomic E-state index is 0.0407. The second-order valence-corrected chi connectivity index (χ2v) is 10.5. The first-order valence-electron chi connectivity index (χ1n) is 10.9. The lowest BCUT2D eigenvalue weighted by Crippen LogP contribution is -2.38. The molecule has 0 spiro atoms. The molecule has 0 saturated carbocycles. The van der Waals surface area contributed by atoms with Gasteiger partial charge in [0.2, 0.25) is 5.91 Å². The molecule has 6 nitrogen and oxygen atoms in total. The van der Waals surface area contributed by atoms with Crippen molar-refractivity contribution in [3.63, 3.8) is 0 Å². The second-order valence-electron chi connectivity index (χ2n) is 8.16. The molecule has 0 aliphatic heterocycles. The summed E-state index contributed by atoms with van der Waals surface area (Å²) in [6.45, 7) is 1.49. The zero-order chi connectivity index (χ0) is 24.6. The monoisotopic (exact) mass is 504 g/mol. The minimum Gasteiger partial charge on any atom is -0.456 e. The van der Waals surface area contributed by atoms with Crippen molar-refractivity contribution in [2.24, 2.45) is 0 Å². The number of aryl methyl sites for hydroxylation is 1. The SMILES string of the molecule is Cc1ccc(N(CC(=O)Nc2ccc3c(c2)oc2ccccc23)S(=O)(=O)c2ccc(Cl)cc2)cc1. The number of fused-ring (bicyclic) bond motifs is 3. The van der Waals surface area contributed by atoms with Crippen LogP contribution in [0.5, 0.6) is 0 Å². The van der Waals surface area contributed by atoms with Crippen molar-refractivity contribution < 1.29 is 17.6 Å². The van der Waals surface area contributed by atoms with Crippen LogP contribution in [0.15, 0.2) is 100 Å². The van der Waals surface area contributed by atoms with Crippen molar-refractivity contribution in [3.8, 4) is 0 Å². The van der Waals surface area contributed by atoms with Gasteiger partial charge in [-0.1, -0.05) is 47.5 Å². The summed E-state index contributed by atoms with van der Waals surface area (Å²) in [5.74, 6) is -0.487.